The molecular formula is C30H33FN4O8S. The Morgan fingerprint density at radius 2 is 1.75 bits per heavy atom. The largest absolute Gasteiger partial charge is 0.493 e. The van der Waals surface area contributed by atoms with E-state index in [4.69, 9.17) is 18.9 Å². The summed E-state index contributed by atoms with van der Waals surface area (Å²) >= 11 is 0. The summed E-state index contributed by atoms with van der Waals surface area (Å²) in [6.45, 7) is 0.370. The molecule has 14 heteroatoms. The standard InChI is InChI=1S/C30H33FN4O8S/c1-40-27-14-13-26(16-28(27)41-2)44(38,39)35(23-9-7-22(31)8-10-23)19-29(36)34-33-17-21-5-11-24(12-6-21)43-20-30(37)32-18-25-4-3-15-42-25/h5-14,16-17,25H,3-4,15,18-20H2,1-2H3,(H,32,37)(H,34,36)/b33-17-/t25-/m1/s1. The molecule has 1 atom stereocenters. The zero-order chi connectivity index (χ0) is 31.5. The van der Waals surface area contributed by atoms with Crippen molar-refractivity contribution in [2.45, 2.75) is 23.8 Å². The highest BCUT2D eigenvalue weighted by Gasteiger charge is 2.28. The third-order valence-corrected chi connectivity index (χ3v) is 8.32. The van der Waals surface area contributed by atoms with Crippen LogP contribution >= 0.6 is 0 Å². The van der Waals surface area contributed by atoms with Gasteiger partial charge in [0.05, 0.1) is 37.1 Å². The molecule has 1 heterocycles. The van der Waals surface area contributed by atoms with Crippen LogP contribution in [0.4, 0.5) is 10.1 Å². The lowest BCUT2D eigenvalue weighted by molar-refractivity contribution is -0.123. The van der Waals surface area contributed by atoms with Crippen LogP contribution in [-0.2, 0) is 24.3 Å². The van der Waals surface area contributed by atoms with Gasteiger partial charge in [-0.3, -0.25) is 13.9 Å². The molecule has 0 aromatic heterocycles. The van der Waals surface area contributed by atoms with Crippen LogP contribution in [-0.4, -0.2) is 73.1 Å². The molecule has 0 radical (unpaired) electrons. The molecule has 0 bridgehead atoms. The van der Waals surface area contributed by atoms with E-state index in [-0.39, 0.29) is 35.0 Å². The van der Waals surface area contributed by atoms with Crippen LogP contribution in [0.3, 0.4) is 0 Å². The van der Waals surface area contributed by atoms with E-state index in [1.54, 1.807) is 24.3 Å². The fourth-order valence-corrected chi connectivity index (χ4v) is 5.69. The number of nitrogens with one attached hydrogen (secondary N) is 2. The Labute approximate surface area is 254 Å². The lowest BCUT2D eigenvalue weighted by Gasteiger charge is -2.24. The molecule has 1 aliphatic rings. The Morgan fingerprint density at radius 1 is 1.02 bits per heavy atom. The van der Waals surface area contributed by atoms with Gasteiger partial charge in [-0.2, -0.15) is 5.10 Å². The van der Waals surface area contributed by atoms with E-state index >= 15 is 0 Å². The molecule has 0 saturated carbocycles. The molecule has 1 saturated heterocycles. The lowest BCUT2D eigenvalue weighted by atomic mass is 10.2. The number of anilines is 1. The average Bonchev–Trinajstić information content (AvgIpc) is 3.56. The van der Waals surface area contributed by atoms with Crippen LogP contribution in [0.25, 0.3) is 0 Å². The first kappa shape index (κ1) is 32.2. The molecule has 234 valence electrons. The van der Waals surface area contributed by atoms with Gasteiger partial charge in [-0.25, -0.2) is 18.2 Å². The minimum atomic E-state index is -4.31. The second kappa shape index (κ2) is 15.2. The van der Waals surface area contributed by atoms with Gasteiger partial charge in [0.25, 0.3) is 21.8 Å². The van der Waals surface area contributed by atoms with Crippen LogP contribution in [0.15, 0.2) is 76.7 Å². The summed E-state index contributed by atoms with van der Waals surface area (Å²) in [4.78, 5) is 24.6. The maximum Gasteiger partial charge on any atom is 0.264 e. The maximum atomic E-state index is 13.6. The van der Waals surface area contributed by atoms with E-state index in [1.165, 1.54) is 50.8 Å². The number of rotatable bonds is 14. The molecular weight excluding hydrogens is 595 g/mol. The highest BCUT2D eigenvalue weighted by molar-refractivity contribution is 7.92. The number of hydrogen-bond donors (Lipinski definition) is 2. The van der Waals surface area contributed by atoms with Crippen molar-refractivity contribution in [2.24, 2.45) is 5.10 Å². The third kappa shape index (κ3) is 8.67. The van der Waals surface area contributed by atoms with Crippen LogP contribution in [0.1, 0.15) is 18.4 Å². The van der Waals surface area contributed by atoms with E-state index in [9.17, 15) is 22.4 Å². The first-order valence-corrected chi connectivity index (χ1v) is 15.1. The van der Waals surface area contributed by atoms with Gasteiger partial charge < -0.3 is 24.3 Å². The Hall–Kier alpha value is -4.69. The van der Waals surface area contributed by atoms with Crippen molar-refractivity contribution in [2.75, 3.05) is 44.8 Å². The van der Waals surface area contributed by atoms with Gasteiger partial charge in [0, 0.05) is 19.2 Å². The number of nitrogens with zero attached hydrogens (tertiary/aromatic N) is 2. The van der Waals surface area contributed by atoms with Gasteiger partial charge in [0.1, 0.15) is 18.1 Å². The first-order valence-electron chi connectivity index (χ1n) is 13.6. The quantitative estimate of drug-likeness (QED) is 0.205. The summed E-state index contributed by atoms with van der Waals surface area (Å²) in [6, 6.07) is 15.3. The summed E-state index contributed by atoms with van der Waals surface area (Å²) in [6.07, 6.45) is 3.33. The molecule has 0 unspecified atom stereocenters. The predicted octanol–water partition coefficient (Wildman–Crippen LogP) is 2.86. The summed E-state index contributed by atoms with van der Waals surface area (Å²) < 4.78 is 63.0. The molecule has 2 amide bonds. The van der Waals surface area contributed by atoms with E-state index in [0.717, 1.165) is 29.3 Å². The Balaban J connectivity index is 1.36. The van der Waals surface area contributed by atoms with Gasteiger partial charge in [-0.15, -0.1) is 0 Å². The Morgan fingerprint density at radius 3 is 2.41 bits per heavy atom. The number of methoxy groups -OCH3 is 2. The SMILES string of the molecule is COc1ccc(S(=O)(=O)N(CC(=O)N/N=C\c2ccc(OCC(=O)NC[C@H]3CCCO3)cc2)c2ccc(F)cc2)cc1OC. The Bertz CT molecular complexity index is 1560. The van der Waals surface area contributed by atoms with Crippen molar-refractivity contribution in [1.82, 2.24) is 10.7 Å². The number of hydrogen-bond acceptors (Lipinski definition) is 9. The van der Waals surface area contributed by atoms with Gasteiger partial charge in [0.2, 0.25) is 0 Å². The van der Waals surface area contributed by atoms with Crippen molar-refractivity contribution in [3.63, 3.8) is 0 Å². The van der Waals surface area contributed by atoms with Crippen molar-refractivity contribution in [3.8, 4) is 17.2 Å². The summed E-state index contributed by atoms with van der Waals surface area (Å²) in [5.41, 5.74) is 2.98. The number of carbonyl (C=O) groups is 2. The lowest BCUT2D eigenvalue weighted by Crippen LogP contribution is -2.39. The van der Waals surface area contributed by atoms with Crippen LogP contribution in [0.2, 0.25) is 0 Å². The third-order valence-electron chi connectivity index (χ3n) is 6.55. The van der Waals surface area contributed by atoms with Crippen molar-refractivity contribution < 1.29 is 41.3 Å². The topological polar surface area (TPSA) is 145 Å². The highest BCUT2D eigenvalue weighted by atomic mass is 32.2. The van der Waals surface area contributed by atoms with Crippen molar-refractivity contribution in [1.29, 1.82) is 0 Å². The van der Waals surface area contributed by atoms with Crippen LogP contribution in [0, 0.1) is 5.82 Å². The molecule has 4 rings (SSSR count). The summed E-state index contributed by atoms with van der Waals surface area (Å²) in [5, 5.41) is 6.69. The molecule has 44 heavy (non-hydrogen) atoms. The summed E-state index contributed by atoms with van der Waals surface area (Å²) in [5.74, 6) is -0.604. The van der Waals surface area contributed by atoms with Gasteiger partial charge in [-0.1, -0.05) is 0 Å². The number of benzene rings is 3. The molecule has 0 spiro atoms. The summed E-state index contributed by atoms with van der Waals surface area (Å²) in [7, 11) is -1.52. The molecule has 2 N–H and O–H groups in total. The van der Waals surface area contributed by atoms with Gasteiger partial charge in [0.15, 0.2) is 18.1 Å². The monoisotopic (exact) mass is 628 g/mol. The Kier molecular flexibility index (Phi) is 11.1. The molecule has 1 fully saturated rings. The first-order chi connectivity index (χ1) is 21.2. The number of halogens is 1. The second-order valence-corrected chi connectivity index (χ2v) is 11.5. The zero-order valence-electron chi connectivity index (χ0n) is 24.2. The number of sulfonamides is 1. The normalized spacial score (nSPS) is 14.7. The van der Waals surface area contributed by atoms with Crippen LogP contribution < -0.4 is 29.3 Å². The second-order valence-electron chi connectivity index (χ2n) is 9.59. The zero-order valence-corrected chi connectivity index (χ0v) is 25.0. The average molecular weight is 629 g/mol. The van der Waals surface area contributed by atoms with Crippen molar-refractivity contribution >= 4 is 33.7 Å². The van der Waals surface area contributed by atoms with Gasteiger partial charge >= 0.3 is 0 Å². The maximum absolute atomic E-state index is 13.6. The minimum Gasteiger partial charge on any atom is -0.493 e. The molecule has 12 nitrogen and oxygen atoms in total. The molecule has 0 aliphatic carbocycles. The molecule has 1 aliphatic heterocycles. The van der Waals surface area contributed by atoms with E-state index in [1.807, 2.05) is 0 Å². The number of carbonyl (C=O) groups excluding carboxylic acids is 2. The molecule has 3 aromatic carbocycles. The van der Waals surface area contributed by atoms with E-state index in [0.29, 0.717) is 30.2 Å². The molecule has 3 aromatic rings. The smallest absolute Gasteiger partial charge is 0.264 e. The van der Waals surface area contributed by atoms with Crippen molar-refractivity contribution in [3.05, 3.63) is 78.1 Å². The number of hydrazone groups is 1. The van der Waals surface area contributed by atoms with E-state index in [2.05, 4.69) is 15.8 Å². The van der Waals surface area contributed by atoms with E-state index < -0.39 is 28.3 Å². The predicted molar refractivity (Wildman–Crippen MR) is 160 cm³/mol. The minimum absolute atomic E-state index is 0.0472. The fourth-order valence-electron chi connectivity index (χ4n) is 4.25. The number of ether oxygens (including phenoxy) is 4. The fraction of sp³-hybridized carbons (Fsp3) is 0.300. The van der Waals surface area contributed by atoms with Crippen LogP contribution in [0.5, 0.6) is 17.2 Å². The highest BCUT2D eigenvalue weighted by Crippen LogP contribution is 2.32. The number of amides is 2. The van der Waals surface area contributed by atoms with Gasteiger partial charge in [-0.05, 0) is 79.1 Å².